The third kappa shape index (κ3) is 5.01. The molecule has 4 heterocycles. The molecule has 0 aliphatic carbocycles. The minimum absolute atomic E-state index is 0.237. The van der Waals surface area contributed by atoms with Gasteiger partial charge < -0.3 is 19.7 Å². The summed E-state index contributed by atoms with van der Waals surface area (Å²) in [6.45, 7) is 1.16. The van der Waals surface area contributed by atoms with Crippen molar-refractivity contribution < 1.29 is 19.1 Å². The molecule has 41 heavy (non-hydrogen) atoms. The smallest absolute Gasteiger partial charge is 0.326 e. The predicted octanol–water partition coefficient (Wildman–Crippen LogP) is 6.85. The molecule has 3 aromatic rings. The highest BCUT2D eigenvalue weighted by atomic mass is 35.5. The Kier molecular flexibility index (Phi) is 7.55. The molecule has 2 amide bonds. The lowest BCUT2D eigenvalue weighted by Crippen LogP contribution is -2.42. The number of hydrogen-bond acceptors (Lipinski definition) is 6. The van der Waals surface area contributed by atoms with Crippen LogP contribution in [0.25, 0.3) is 0 Å². The molecule has 8 nitrogen and oxygen atoms in total. The van der Waals surface area contributed by atoms with Gasteiger partial charge in [-0.3, -0.25) is 9.69 Å². The fourth-order valence-electron chi connectivity index (χ4n) is 5.71. The predicted molar refractivity (Wildman–Crippen MR) is 159 cm³/mol. The maximum Gasteiger partial charge on any atom is 0.326 e. The van der Waals surface area contributed by atoms with E-state index >= 15 is 0 Å². The van der Waals surface area contributed by atoms with Crippen molar-refractivity contribution in [2.24, 2.45) is 5.92 Å². The number of methoxy groups -OCH3 is 1. The second-order valence-electron chi connectivity index (χ2n) is 9.90. The van der Waals surface area contributed by atoms with Gasteiger partial charge in [-0.2, -0.15) is 0 Å². The van der Waals surface area contributed by atoms with Crippen LogP contribution in [0.1, 0.15) is 28.7 Å². The van der Waals surface area contributed by atoms with Crippen molar-refractivity contribution >= 4 is 64.0 Å². The van der Waals surface area contributed by atoms with Crippen LogP contribution in [-0.2, 0) is 20.8 Å². The number of benzene rings is 2. The SMILES string of the molecule is COC(=O)C1CN(c2ccccn2)CC1c1cc(C2OC=CC=C2Cl)c2c(c1)N(c1c(Cl)cccc1Cl)C(=O)NC2. The van der Waals surface area contributed by atoms with Gasteiger partial charge in [-0.15, -0.1) is 0 Å². The Balaban J connectivity index is 1.54. The maximum absolute atomic E-state index is 13.4. The highest BCUT2D eigenvalue weighted by molar-refractivity contribution is 6.40. The van der Waals surface area contributed by atoms with E-state index in [1.165, 1.54) is 12.0 Å². The van der Waals surface area contributed by atoms with Gasteiger partial charge in [0.05, 0.1) is 45.7 Å². The first-order valence-corrected chi connectivity index (χ1v) is 14.1. The Labute approximate surface area is 252 Å². The van der Waals surface area contributed by atoms with Crippen LogP contribution in [0.2, 0.25) is 10.0 Å². The average molecular weight is 612 g/mol. The van der Waals surface area contributed by atoms with Gasteiger partial charge >= 0.3 is 12.0 Å². The van der Waals surface area contributed by atoms with Crippen LogP contribution >= 0.6 is 34.8 Å². The number of hydrogen-bond donors (Lipinski definition) is 1. The lowest BCUT2D eigenvalue weighted by molar-refractivity contribution is -0.145. The highest BCUT2D eigenvalue weighted by Crippen LogP contribution is 2.47. The number of rotatable bonds is 5. The number of ether oxygens (including phenoxy) is 2. The zero-order valence-electron chi connectivity index (χ0n) is 21.9. The van der Waals surface area contributed by atoms with Crippen molar-refractivity contribution in [1.82, 2.24) is 10.3 Å². The molecule has 2 aromatic carbocycles. The molecule has 0 bridgehead atoms. The number of esters is 1. The minimum Gasteiger partial charge on any atom is -0.488 e. The van der Waals surface area contributed by atoms with Crippen molar-refractivity contribution in [2.75, 3.05) is 30.0 Å². The normalized spacial score (nSPS) is 21.6. The average Bonchev–Trinajstić information content (AvgIpc) is 3.44. The summed E-state index contributed by atoms with van der Waals surface area (Å²) in [6.07, 6.45) is 6.18. The number of urea groups is 1. The van der Waals surface area contributed by atoms with Gasteiger partial charge in [0.15, 0.2) is 6.10 Å². The number of amides is 2. The van der Waals surface area contributed by atoms with Gasteiger partial charge in [-0.1, -0.05) is 53.0 Å². The van der Waals surface area contributed by atoms with Crippen molar-refractivity contribution in [2.45, 2.75) is 18.6 Å². The molecule has 0 radical (unpaired) electrons. The summed E-state index contributed by atoms with van der Waals surface area (Å²) in [5.41, 5.74) is 3.31. The number of para-hydroxylation sites is 1. The van der Waals surface area contributed by atoms with Gasteiger partial charge in [0.2, 0.25) is 0 Å². The van der Waals surface area contributed by atoms with Crippen molar-refractivity contribution in [3.63, 3.8) is 0 Å². The summed E-state index contributed by atoms with van der Waals surface area (Å²) in [4.78, 5) is 34.5. The van der Waals surface area contributed by atoms with E-state index in [4.69, 9.17) is 44.3 Å². The molecule has 11 heteroatoms. The van der Waals surface area contributed by atoms with Gasteiger partial charge in [0.1, 0.15) is 5.82 Å². The summed E-state index contributed by atoms with van der Waals surface area (Å²) in [7, 11) is 1.39. The zero-order valence-corrected chi connectivity index (χ0v) is 24.2. The topological polar surface area (TPSA) is 84.0 Å². The van der Waals surface area contributed by atoms with Gasteiger partial charge in [-0.05, 0) is 48.0 Å². The molecule has 1 aromatic heterocycles. The summed E-state index contributed by atoms with van der Waals surface area (Å²) in [5, 5.41) is 4.05. The van der Waals surface area contributed by atoms with Crippen LogP contribution in [0, 0.1) is 5.92 Å². The monoisotopic (exact) mass is 610 g/mol. The van der Waals surface area contributed by atoms with Crippen molar-refractivity contribution in [1.29, 1.82) is 0 Å². The number of halogens is 3. The molecule has 1 saturated heterocycles. The Bertz CT molecular complexity index is 1560. The molecular weight excluding hydrogens is 587 g/mol. The van der Waals surface area contributed by atoms with Crippen LogP contribution in [0.3, 0.4) is 0 Å². The van der Waals surface area contributed by atoms with E-state index in [0.717, 1.165) is 22.5 Å². The number of pyridine rings is 1. The lowest BCUT2D eigenvalue weighted by Gasteiger charge is -2.35. The number of nitrogens with zero attached hydrogens (tertiary/aromatic N) is 3. The lowest BCUT2D eigenvalue weighted by atomic mass is 9.84. The second-order valence-corrected chi connectivity index (χ2v) is 11.1. The quantitative estimate of drug-likeness (QED) is 0.318. The molecule has 0 spiro atoms. The summed E-state index contributed by atoms with van der Waals surface area (Å²) in [6, 6.07) is 14.3. The number of anilines is 3. The third-order valence-corrected chi connectivity index (χ3v) is 8.55. The van der Waals surface area contributed by atoms with E-state index in [-0.39, 0.29) is 24.5 Å². The highest BCUT2D eigenvalue weighted by Gasteiger charge is 2.42. The van der Waals surface area contributed by atoms with Gasteiger partial charge in [0, 0.05) is 42.9 Å². The fourth-order valence-corrected chi connectivity index (χ4v) is 6.52. The van der Waals surface area contributed by atoms with Crippen LogP contribution in [0.5, 0.6) is 0 Å². The number of fused-ring (bicyclic) bond motifs is 1. The zero-order chi connectivity index (χ0) is 28.7. The summed E-state index contributed by atoms with van der Waals surface area (Å²) < 4.78 is 11.2. The van der Waals surface area contributed by atoms with Crippen LogP contribution in [0.15, 0.2) is 78.2 Å². The number of aromatic nitrogens is 1. The summed E-state index contributed by atoms with van der Waals surface area (Å²) >= 11 is 19.9. The number of carbonyl (C=O) groups excluding carboxylic acids is 2. The van der Waals surface area contributed by atoms with Crippen molar-refractivity contribution in [3.8, 4) is 0 Å². The number of nitrogens with one attached hydrogen (secondary N) is 1. The van der Waals surface area contributed by atoms with Crippen LogP contribution in [0.4, 0.5) is 22.0 Å². The largest absolute Gasteiger partial charge is 0.488 e. The van der Waals surface area contributed by atoms with E-state index in [1.54, 1.807) is 42.8 Å². The Morgan fingerprint density at radius 2 is 1.90 bits per heavy atom. The second kappa shape index (κ2) is 11.3. The standard InChI is InChI=1S/C30H25Cl3N4O4/c1-40-29(38)21-16-36(26-9-2-3-10-34-26)15-20(21)17-12-18(28-24(33)8-5-11-41-28)19-14-35-30(39)37(25(19)13-17)27-22(31)6-4-7-23(27)32/h2-13,20-21,28H,14-16H2,1H3,(H,35,39). The van der Waals surface area contributed by atoms with E-state index in [1.807, 2.05) is 30.3 Å². The Morgan fingerprint density at radius 3 is 2.61 bits per heavy atom. The van der Waals surface area contributed by atoms with Crippen LogP contribution < -0.4 is 15.1 Å². The molecule has 210 valence electrons. The van der Waals surface area contributed by atoms with E-state index in [2.05, 4.69) is 15.2 Å². The van der Waals surface area contributed by atoms with Crippen molar-refractivity contribution in [3.05, 3.63) is 105 Å². The van der Waals surface area contributed by atoms with E-state index in [9.17, 15) is 9.59 Å². The fraction of sp³-hybridized carbons (Fsp3) is 0.233. The third-order valence-electron chi connectivity index (χ3n) is 7.61. The molecule has 3 aliphatic heterocycles. The molecule has 3 atom stereocenters. The van der Waals surface area contributed by atoms with E-state index in [0.29, 0.717) is 39.5 Å². The molecule has 6 rings (SSSR count). The molecular formula is C30H25Cl3N4O4. The van der Waals surface area contributed by atoms with E-state index < -0.39 is 12.0 Å². The first-order valence-electron chi connectivity index (χ1n) is 13.0. The molecule has 1 N–H and O–H groups in total. The Morgan fingerprint density at radius 1 is 1.10 bits per heavy atom. The first-order chi connectivity index (χ1) is 19.9. The molecule has 0 saturated carbocycles. The molecule has 3 unspecified atom stereocenters. The van der Waals surface area contributed by atoms with Gasteiger partial charge in [-0.25, -0.2) is 9.78 Å². The Hall–Kier alpha value is -3.72. The molecule has 1 fully saturated rings. The first kappa shape index (κ1) is 27.4. The summed E-state index contributed by atoms with van der Waals surface area (Å²) in [5.74, 6) is -0.339. The number of allylic oxidation sites excluding steroid dienone is 2. The number of carbonyl (C=O) groups is 2. The van der Waals surface area contributed by atoms with Gasteiger partial charge in [0.25, 0.3) is 0 Å². The minimum atomic E-state index is -0.612. The van der Waals surface area contributed by atoms with Crippen LogP contribution in [-0.4, -0.2) is 37.2 Å². The maximum atomic E-state index is 13.4. The molecule has 3 aliphatic rings.